The molecule has 4 N–H and O–H groups in total. The summed E-state index contributed by atoms with van der Waals surface area (Å²) in [5.74, 6) is 0.320. The van der Waals surface area contributed by atoms with Crippen molar-refractivity contribution in [1.82, 2.24) is 0 Å². The van der Waals surface area contributed by atoms with Crippen LogP contribution in [0.4, 0.5) is 5.69 Å². The zero-order chi connectivity index (χ0) is 15.5. The fourth-order valence-electron chi connectivity index (χ4n) is 2.72. The highest BCUT2D eigenvalue weighted by Crippen LogP contribution is 2.35. The first-order valence-corrected chi connectivity index (χ1v) is 7.07. The third kappa shape index (κ3) is 2.88. The monoisotopic (exact) mass is 291 g/mol. The number of benzene rings is 3. The normalized spacial score (nSPS) is 10.8. The summed E-state index contributed by atoms with van der Waals surface area (Å²) in [4.78, 5) is 0. The zero-order valence-electron chi connectivity index (χ0n) is 12.0. The van der Waals surface area contributed by atoms with Crippen LogP contribution in [-0.2, 0) is 0 Å². The van der Waals surface area contributed by atoms with Gasteiger partial charge in [-0.15, -0.1) is 0 Å². The van der Waals surface area contributed by atoms with Crippen molar-refractivity contribution in [3.63, 3.8) is 0 Å². The van der Waals surface area contributed by atoms with Crippen LogP contribution in [0.2, 0.25) is 0 Å². The van der Waals surface area contributed by atoms with E-state index in [1.54, 1.807) is 24.3 Å². The van der Waals surface area contributed by atoms with Crippen LogP contribution in [0.15, 0.2) is 72.8 Å². The number of nitrogen functional groups attached to an aromatic ring is 1. The lowest BCUT2D eigenvalue weighted by molar-refractivity contribution is 0.474. The summed E-state index contributed by atoms with van der Waals surface area (Å²) in [7, 11) is 0. The predicted molar refractivity (Wildman–Crippen MR) is 88.0 cm³/mol. The Bertz CT molecular complexity index is 691. The molecule has 0 spiro atoms. The molecule has 110 valence electrons. The predicted octanol–water partition coefficient (Wildman–Crippen LogP) is 3.86. The molecular weight excluding hydrogens is 274 g/mol. The van der Waals surface area contributed by atoms with Gasteiger partial charge in [0.05, 0.1) is 0 Å². The van der Waals surface area contributed by atoms with E-state index in [0.717, 1.165) is 16.7 Å². The van der Waals surface area contributed by atoms with Crippen molar-refractivity contribution in [2.75, 3.05) is 5.73 Å². The maximum Gasteiger partial charge on any atom is 0.115 e. The Balaban J connectivity index is 2.18. The maximum atomic E-state index is 9.79. The number of rotatable bonds is 3. The van der Waals surface area contributed by atoms with E-state index >= 15 is 0 Å². The average molecular weight is 291 g/mol. The molecule has 0 amide bonds. The van der Waals surface area contributed by atoms with Crippen molar-refractivity contribution in [2.45, 2.75) is 5.92 Å². The Hall–Kier alpha value is -2.94. The minimum absolute atomic E-state index is 0.109. The second-order valence-electron chi connectivity index (χ2n) is 5.29. The number of anilines is 1. The summed E-state index contributed by atoms with van der Waals surface area (Å²) in [6.45, 7) is 0. The van der Waals surface area contributed by atoms with Gasteiger partial charge in [0.15, 0.2) is 0 Å². The second-order valence-corrected chi connectivity index (χ2v) is 5.29. The van der Waals surface area contributed by atoms with E-state index in [1.165, 1.54) is 0 Å². The van der Waals surface area contributed by atoms with E-state index in [0.29, 0.717) is 5.69 Å². The Morgan fingerprint density at radius 3 is 1.55 bits per heavy atom. The van der Waals surface area contributed by atoms with Crippen LogP contribution < -0.4 is 5.73 Å². The minimum atomic E-state index is -0.109. The molecule has 0 radical (unpaired) electrons. The summed E-state index contributed by atoms with van der Waals surface area (Å²) < 4.78 is 0. The molecule has 0 saturated carbocycles. The first-order chi connectivity index (χ1) is 10.6. The summed E-state index contributed by atoms with van der Waals surface area (Å²) in [6.07, 6.45) is 0. The third-order valence-corrected chi connectivity index (χ3v) is 3.65. The van der Waals surface area contributed by atoms with Crippen molar-refractivity contribution in [2.24, 2.45) is 0 Å². The molecule has 0 saturated heterocycles. The number of hydrogen-bond acceptors (Lipinski definition) is 3. The van der Waals surface area contributed by atoms with Gasteiger partial charge in [-0.2, -0.15) is 0 Å². The first kappa shape index (κ1) is 14.0. The summed E-state index contributed by atoms with van der Waals surface area (Å²) in [6, 6.07) is 21.9. The van der Waals surface area contributed by atoms with Gasteiger partial charge in [-0.25, -0.2) is 0 Å². The van der Waals surface area contributed by atoms with E-state index in [9.17, 15) is 10.2 Å². The number of phenolic OH excluding ortho intramolecular Hbond substituents is 2. The molecule has 0 atom stereocenters. The summed E-state index contributed by atoms with van der Waals surface area (Å²) >= 11 is 0. The first-order valence-electron chi connectivity index (χ1n) is 7.07. The third-order valence-electron chi connectivity index (χ3n) is 3.65. The van der Waals surface area contributed by atoms with E-state index in [1.807, 2.05) is 48.5 Å². The molecule has 0 aliphatic heterocycles. The summed E-state index contributed by atoms with van der Waals surface area (Å²) in [5.41, 5.74) is 9.49. The molecule has 0 aliphatic carbocycles. The molecular formula is C19H17NO2. The lowest BCUT2D eigenvalue weighted by Gasteiger charge is -2.19. The Kier molecular flexibility index (Phi) is 3.71. The van der Waals surface area contributed by atoms with Gasteiger partial charge in [-0.1, -0.05) is 36.4 Å². The highest BCUT2D eigenvalue weighted by Gasteiger charge is 2.17. The fraction of sp³-hybridized carbons (Fsp3) is 0.0526. The molecule has 3 heteroatoms. The van der Waals surface area contributed by atoms with Crippen LogP contribution >= 0.6 is 0 Å². The molecule has 3 rings (SSSR count). The lowest BCUT2D eigenvalue weighted by atomic mass is 9.85. The standard InChI is InChI=1S/C19H17NO2/c20-16-7-1-4-13(10-16)19(14-5-2-8-17(21)11-14)15-6-3-9-18(22)12-15/h1-12,19,21-22H,20H2. The van der Waals surface area contributed by atoms with Gasteiger partial charge in [0, 0.05) is 11.6 Å². The quantitative estimate of drug-likeness (QED) is 0.507. The molecule has 22 heavy (non-hydrogen) atoms. The van der Waals surface area contributed by atoms with Crippen LogP contribution in [0, 0.1) is 0 Å². The van der Waals surface area contributed by atoms with Gasteiger partial charge in [0.1, 0.15) is 11.5 Å². The minimum Gasteiger partial charge on any atom is -0.508 e. The molecule has 3 aromatic carbocycles. The largest absolute Gasteiger partial charge is 0.508 e. The van der Waals surface area contributed by atoms with Gasteiger partial charge in [-0.3, -0.25) is 0 Å². The summed E-state index contributed by atoms with van der Waals surface area (Å²) in [5, 5.41) is 19.6. The molecule has 3 nitrogen and oxygen atoms in total. The van der Waals surface area contributed by atoms with Crippen molar-refractivity contribution in [3.05, 3.63) is 89.5 Å². The highest BCUT2D eigenvalue weighted by atomic mass is 16.3. The number of phenols is 2. The molecule has 0 heterocycles. The van der Waals surface area contributed by atoms with E-state index in [-0.39, 0.29) is 17.4 Å². The van der Waals surface area contributed by atoms with Gasteiger partial charge in [0.25, 0.3) is 0 Å². The fourth-order valence-corrected chi connectivity index (χ4v) is 2.72. The maximum absolute atomic E-state index is 9.79. The van der Waals surface area contributed by atoms with Crippen LogP contribution in [0.25, 0.3) is 0 Å². The molecule has 0 fully saturated rings. The molecule has 0 bridgehead atoms. The van der Waals surface area contributed by atoms with Crippen LogP contribution in [0.3, 0.4) is 0 Å². The second kappa shape index (κ2) is 5.82. The van der Waals surface area contributed by atoms with Crippen molar-refractivity contribution in [3.8, 4) is 11.5 Å². The highest BCUT2D eigenvalue weighted by molar-refractivity contribution is 5.51. The SMILES string of the molecule is Nc1cccc(C(c2cccc(O)c2)c2cccc(O)c2)c1. The smallest absolute Gasteiger partial charge is 0.115 e. The molecule has 0 unspecified atom stereocenters. The van der Waals surface area contributed by atoms with Crippen molar-refractivity contribution < 1.29 is 10.2 Å². The number of nitrogens with two attached hydrogens (primary N) is 1. The van der Waals surface area contributed by atoms with Gasteiger partial charge >= 0.3 is 0 Å². The van der Waals surface area contributed by atoms with Gasteiger partial charge in [-0.05, 0) is 53.1 Å². The Morgan fingerprint density at radius 2 is 1.09 bits per heavy atom. The van der Waals surface area contributed by atoms with E-state index in [2.05, 4.69) is 0 Å². The topological polar surface area (TPSA) is 66.5 Å². The van der Waals surface area contributed by atoms with Gasteiger partial charge < -0.3 is 15.9 Å². The van der Waals surface area contributed by atoms with Crippen LogP contribution in [0.1, 0.15) is 22.6 Å². The average Bonchev–Trinajstić information content (AvgIpc) is 2.48. The van der Waals surface area contributed by atoms with Crippen molar-refractivity contribution in [1.29, 1.82) is 0 Å². The van der Waals surface area contributed by atoms with Crippen LogP contribution in [-0.4, -0.2) is 10.2 Å². The van der Waals surface area contributed by atoms with E-state index < -0.39 is 0 Å². The van der Waals surface area contributed by atoms with E-state index in [4.69, 9.17) is 5.73 Å². The van der Waals surface area contributed by atoms with Crippen LogP contribution in [0.5, 0.6) is 11.5 Å². The Morgan fingerprint density at radius 1 is 0.636 bits per heavy atom. The number of aromatic hydroxyl groups is 2. The molecule has 3 aromatic rings. The Labute approximate surface area is 129 Å². The molecule has 0 aliphatic rings. The lowest BCUT2D eigenvalue weighted by Crippen LogP contribution is -2.04. The number of hydrogen-bond donors (Lipinski definition) is 3. The van der Waals surface area contributed by atoms with Gasteiger partial charge in [0.2, 0.25) is 0 Å². The zero-order valence-corrected chi connectivity index (χ0v) is 12.0. The van der Waals surface area contributed by atoms with Crippen molar-refractivity contribution >= 4 is 5.69 Å². The molecule has 0 aromatic heterocycles.